The van der Waals surface area contributed by atoms with Gasteiger partial charge in [-0.2, -0.15) is 0 Å². The molecule has 2 fully saturated rings. The number of hydrogen-bond acceptors (Lipinski definition) is 6. The zero-order chi connectivity index (χ0) is 25.1. The Morgan fingerprint density at radius 1 is 0.800 bits per heavy atom. The number of esters is 2. The lowest BCUT2D eigenvalue weighted by molar-refractivity contribution is -0.159. The molecule has 0 aliphatic heterocycles. The molecule has 0 unspecified atom stereocenters. The lowest BCUT2D eigenvalue weighted by atomic mass is 9.95. The Morgan fingerprint density at radius 2 is 1.31 bits per heavy atom. The summed E-state index contributed by atoms with van der Waals surface area (Å²) in [5, 5.41) is 13.4. The molecule has 10 heteroatoms. The molecule has 0 aromatic heterocycles. The van der Waals surface area contributed by atoms with Gasteiger partial charge in [-0.3, -0.25) is 4.79 Å². The first-order valence-electron chi connectivity index (χ1n) is 11.2. The van der Waals surface area contributed by atoms with E-state index in [1.54, 1.807) is 0 Å². The van der Waals surface area contributed by atoms with E-state index in [1.165, 1.54) is 48.5 Å². The number of carbonyl (C=O) groups excluding carboxylic acids is 3. The number of rotatable bonds is 8. The van der Waals surface area contributed by atoms with Gasteiger partial charge in [0.15, 0.2) is 0 Å². The third-order valence-electron chi connectivity index (χ3n) is 6.47. The van der Waals surface area contributed by atoms with Crippen LogP contribution in [0, 0.1) is 11.8 Å². The molecule has 5 atom stereocenters. The van der Waals surface area contributed by atoms with Crippen molar-refractivity contribution in [3.05, 3.63) is 69.7 Å². The van der Waals surface area contributed by atoms with Crippen LogP contribution in [0.1, 0.15) is 46.4 Å². The molecular weight excluding hydrogens is 497 g/mol. The van der Waals surface area contributed by atoms with Crippen molar-refractivity contribution < 1.29 is 33.8 Å². The van der Waals surface area contributed by atoms with Gasteiger partial charge in [0.25, 0.3) is 5.91 Å². The molecule has 2 aromatic rings. The average molecular weight is 520 g/mol. The van der Waals surface area contributed by atoms with E-state index in [0.717, 1.165) is 25.7 Å². The number of fused-ring (bicyclic) bond motifs is 2. The molecule has 2 saturated carbocycles. The molecule has 0 spiro atoms. The highest BCUT2D eigenvalue weighted by Crippen LogP contribution is 2.44. The summed E-state index contributed by atoms with van der Waals surface area (Å²) in [7, 11) is 0. The van der Waals surface area contributed by atoms with Crippen molar-refractivity contribution in [1.82, 2.24) is 5.32 Å². The van der Waals surface area contributed by atoms with Crippen LogP contribution in [0.3, 0.4) is 0 Å². The number of amides is 1. The van der Waals surface area contributed by atoms with E-state index in [0.29, 0.717) is 16.0 Å². The van der Waals surface area contributed by atoms with Crippen LogP contribution in [0.2, 0.25) is 10.0 Å². The lowest BCUT2D eigenvalue weighted by Gasteiger charge is -2.28. The van der Waals surface area contributed by atoms with Crippen molar-refractivity contribution in [3.8, 4) is 0 Å². The predicted octanol–water partition coefficient (Wildman–Crippen LogP) is 4.13. The Kier molecular flexibility index (Phi) is 7.62. The normalized spacial score (nSPS) is 22.2. The van der Waals surface area contributed by atoms with E-state index in [4.69, 9.17) is 32.7 Å². The monoisotopic (exact) mass is 519 g/mol. The number of ether oxygens (including phenoxy) is 2. The molecule has 8 nitrogen and oxygen atoms in total. The van der Waals surface area contributed by atoms with Crippen LogP contribution in [-0.2, 0) is 19.1 Å². The fourth-order valence-electron chi connectivity index (χ4n) is 4.72. The molecule has 4 rings (SSSR count). The molecular formula is C25H23Cl2NO7. The van der Waals surface area contributed by atoms with E-state index in [-0.39, 0.29) is 23.1 Å². The first-order valence-corrected chi connectivity index (χ1v) is 11.9. The molecule has 1 amide bonds. The Bertz CT molecular complexity index is 1120. The molecule has 35 heavy (non-hydrogen) atoms. The number of hydrogen-bond donors (Lipinski definition) is 2. The van der Waals surface area contributed by atoms with Crippen molar-refractivity contribution in [2.75, 3.05) is 0 Å². The van der Waals surface area contributed by atoms with E-state index in [2.05, 4.69) is 5.32 Å². The maximum Gasteiger partial charge on any atom is 0.349 e. The smallest absolute Gasteiger partial charge is 0.349 e. The summed E-state index contributed by atoms with van der Waals surface area (Å²) in [4.78, 5) is 50.7. The Labute approximate surface area is 211 Å². The Morgan fingerprint density at radius 3 is 1.74 bits per heavy atom. The summed E-state index contributed by atoms with van der Waals surface area (Å²) < 4.78 is 10.5. The maximum absolute atomic E-state index is 13.2. The molecule has 2 aromatic carbocycles. The molecule has 2 aliphatic carbocycles. The van der Waals surface area contributed by atoms with Crippen molar-refractivity contribution in [2.45, 2.75) is 43.9 Å². The molecule has 2 N–H and O–H groups in total. The highest BCUT2D eigenvalue weighted by atomic mass is 35.5. The van der Waals surface area contributed by atoms with E-state index in [1.807, 2.05) is 0 Å². The van der Waals surface area contributed by atoms with Crippen LogP contribution in [0.5, 0.6) is 0 Å². The minimum absolute atomic E-state index is 0.0249. The first kappa shape index (κ1) is 25.0. The van der Waals surface area contributed by atoms with Gasteiger partial charge in [0.2, 0.25) is 12.2 Å². The van der Waals surface area contributed by atoms with Crippen LogP contribution in [-0.4, -0.2) is 47.2 Å². The zero-order valence-electron chi connectivity index (χ0n) is 18.5. The summed E-state index contributed by atoms with van der Waals surface area (Å²) in [6.07, 6.45) is -0.148. The lowest BCUT2D eigenvalue weighted by Crippen LogP contribution is -2.53. The van der Waals surface area contributed by atoms with E-state index < -0.39 is 36.0 Å². The first-order chi connectivity index (χ1) is 16.7. The Hall–Kier alpha value is -3.10. The van der Waals surface area contributed by atoms with Crippen molar-refractivity contribution in [1.29, 1.82) is 0 Å². The quantitative estimate of drug-likeness (QED) is 0.503. The fourth-order valence-corrected chi connectivity index (χ4v) is 4.97. The van der Waals surface area contributed by atoms with Crippen LogP contribution in [0.25, 0.3) is 0 Å². The largest absolute Gasteiger partial charge is 0.478 e. The summed E-state index contributed by atoms with van der Waals surface area (Å²) >= 11 is 11.7. The minimum Gasteiger partial charge on any atom is -0.478 e. The second-order valence-electron chi connectivity index (χ2n) is 8.79. The molecule has 0 heterocycles. The fraction of sp³-hybridized carbons (Fsp3) is 0.360. The predicted molar refractivity (Wildman–Crippen MR) is 126 cm³/mol. The van der Waals surface area contributed by atoms with Crippen LogP contribution >= 0.6 is 23.2 Å². The van der Waals surface area contributed by atoms with Gasteiger partial charge in [-0.1, -0.05) is 29.6 Å². The van der Waals surface area contributed by atoms with Gasteiger partial charge in [0.05, 0.1) is 11.1 Å². The number of halogens is 2. The topological polar surface area (TPSA) is 119 Å². The number of carbonyl (C=O) groups is 4. The van der Waals surface area contributed by atoms with Crippen LogP contribution in [0.4, 0.5) is 0 Å². The highest BCUT2D eigenvalue weighted by molar-refractivity contribution is 6.31. The van der Waals surface area contributed by atoms with Crippen molar-refractivity contribution in [3.63, 3.8) is 0 Å². The highest BCUT2D eigenvalue weighted by Gasteiger charge is 2.45. The number of carboxylic acid groups (broad SMARTS) is 1. The summed E-state index contributed by atoms with van der Waals surface area (Å²) in [6.45, 7) is 0. The minimum atomic E-state index is -2.08. The summed E-state index contributed by atoms with van der Waals surface area (Å²) in [5.74, 6) is -3.63. The number of aliphatic carboxylic acids is 1. The number of carboxylic acids is 1. The van der Waals surface area contributed by atoms with Gasteiger partial charge in [-0.05, 0) is 79.6 Å². The second-order valence-corrected chi connectivity index (χ2v) is 9.67. The maximum atomic E-state index is 13.2. The number of nitrogens with one attached hydrogen (secondary N) is 1. The van der Waals surface area contributed by atoms with Crippen molar-refractivity contribution in [2.24, 2.45) is 11.8 Å². The summed E-state index contributed by atoms with van der Waals surface area (Å²) in [5.41, 5.74) is 0.0808. The van der Waals surface area contributed by atoms with Gasteiger partial charge in [-0.25, -0.2) is 14.4 Å². The molecule has 0 saturated heterocycles. The van der Waals surface area contributed by atoms with Gasteiger partial charge < -0.3 is 19.9 Å². The van der Waals surface area contributed by atoms with E-state index in [9.17, 15) is 24.3 Å². The molecule has 2 aliphatic rings. The molecule has 184 valence electrons. The molecule has 2 bridgehead atoms. The Balaban J connectivity index is 1.56. The third-order valence-corrected chi connectivity index (χ3v) is 6.97. The third kappa shape index (κ3) is 5.94. The molecule has 0 radical (unpaired) electrons. The summed E-state index contributed by atoms with van der Waals surface area (Å²) in [6, 6.07) is 11.1. The SMILES string of the molecule is O=C(O[C@H](C(=O)O)[C@@H](OC(=O)c1ccc(Cl)cc1)C(=O)N[C@H]1C[C@H]2CC[C@H]1C2)c1ccc(Cl)cc1. The zero-order valence-corrected chi connectivity index (χ0v) is 20.0. The average Bonchev–Trinajstić information content (AvgIpc) is 3.45. The van der Waals surface area contributed by atoms with Gasteiger partial charge >= 0.3 is 17.9 Å². The van der Waals surface area contributed by atoms with Crippen LogP contribution < -0.4 is 5.32 Å². The second kappa shape index (κ2) is 10.7. The van der Waals surface area contributed by atoms with Crippen molar-refractivity contribution >= 4 is 47.0 Å². The van der Waals surface area contributed by atoms with Gasteiger partial charge in [0.1, 0.15) is 0 Å². The van der Waals surface area contributed by atoms with Gasteiger partial charge in [-0.15, -0.1) is 0 Å². The number of benzene rings is 2. The van der Waals surface area contributed by atoms with E-state index >= 15 is 0 Å². The van der Waals surface area contributed by atoms with Gasteiger partial charge in [0, 0.05) is 16.1 Å². The standard InChI is InChI=1S/C25H23Cl2NO7/c26-17-7-3-14(4-8-17)24(32)34-20(22(29)28-19-12-13-1-2-16(19)11-13)21(23(30)31)35-25(33)15-5-9-18(27)10-6-15/h3-10,13,16,19-21H,1-2,11-12H2,(H,28,29)(H,30,31)/t13-,16-,19-,20+,21-/m0/s1. The van der Waals surface area contributed by atoms with Crippen LogP contribution in [0.15, 0.2) is 48.5 Å².